The summed E-state index contributed by atoms with van der Waals surface area (Å²) in [5, 5.41) is 8.34. The molecule has 3 N–H and O–H groups in total. The van der Waals surface area contributed by atoms with Crippen LogP contribution < -0.4 is 20.9 Å². The highest BCUT2D eigenvalue weighted by Gasteiger charge is 2.37. The molecule has 0 saturated carbocycles. The zero-order chi connectivity index (χ0) is 18.7. The monoisotopic (exact) mass is 350 g/mol. The van der Waals surface area contributed by atoms with E-state index in [0.717, 1.165) is 11.3 Å². The van der Waals surface area contributed by atoms with Gasteiger partial charge >= 0.3 is 6.03 Å². The van der Waals surface area contributed by atoms with Gasteiger partial charge in [-0.15, -0.1) is 0 Å². The fourth-order valence-electron chi connectivity index (χ4n) is 2.99. The number of para-hydroxylation sites is 1. The van der Waals surface area contributed by atoms with Crippen LogP contribution in [0.3, 0.4) is 0 Å². The Bertz CT molecular complexity index is 815. The molecule has 26 heavy (non-hydrogen) atoms. The minimum absolute atomic E-state index is 0.226. The highest BCUT2D eigenvalue weighted by Crippen LogP contribution is 2.31. The Kier molecular flexibility index (Phi) is 4.93. The van der Waals surface area contributed by atoms with Gasteiger partial charge in [0.1, 0.15) is 5.92 Å². The first kappa shape index (κ1) is 17.5. The molecule has 0 spiro atoms. The van der Waals surface area contributed by atoms with E-state index in [9.17, 15) is 9.59 Å². The maximum absolute atomic E-state index is 12.9. The number of carbonyl (C=O) groups excluding carboxylic acids is 2. The number of anilines is 2. The third-order valence-corrected chi connectivity index (χ3v) is 4.36. The van der Waals surface area contributed by atoms with Gasteiger partial charge in [-0.25, -0.2) is 4.79 Å². The Morgan fingerprint density at radius 3 is 2.35 bits per heavy atom. The lowest BCUT2D eigenvalue weighted by molar-refractivity contribution is -0.119. The van der Waals surface area contributed by atoms with Gasteiger partial charge in [-0.05, 0) is 29.8 Å². The molecule has 3 rings (SSSR count). The summed E-state index contributed by atoms with van der Waals surface area (Å²) in [5.74, 6) is -0.853. The molecule has 0 radical (unpaired) electrons. The molecular weight excluding hydrogens is 328 g/mol. The number of urea groups is 1. The number of rotatable bonds is 4. The van der Waals surface area contributed by atoms with Crippen LogP contribution in [0.4, 0.5) is 16.2 Å². The van der Waals surface area contributed by atoms with Gasteiger partial charge in [-0.2, -0.15) is 0 Å². The average Bonchev–Trinajstić information content (AvgIpc) is 2.61. The quantitative estimate of drug-likeness (QED) is 0.794. The van der Waals surface area contributed by atoms with Crippen molar-refractivity contribution in [1.82, 2.24) is 10.6 Å². The second kappa shape index (κ2) is 7.31. The van der Waals surface area contributed by atoms with Crippen molar-refractivity contribution in [3.05, 3.63) is 72.4 Å². The zero-order valence-corrected chi connectivity index (χ0v) is 14.8. The number of carbonyl (C=O) groups is 2. The summed E-state index contributed by atoms with van der Waals surface area (Å²) in [6.07, 6.45) is 0. The Hall–Kier alpha value is -3.28. The van der Waals surface area contributed by atoms with Crippen LogP contribution in [0.15, 0.2) is 66.9 Å². The highest BCUT2D eigenvalue weighted by molar-refractivity contribution is 5.97. The summed E-state index contributed by atoms with van der Waals surface area (Å²) in [6.45, 7) is 3.89. The second-order valence-corrected chi connectivity index (χ2v) is 6.42. The fourth-order valence-corrected chi connectivity index (χ4v) is 2.99. The normalized spacial score (nSPS) is 19.3. The first-order valence-electron chi connectivity index (χ1n) is 8.35. The van der Waals surface area contributed by atoms with E-state index in [1.807, 2.05) is 73.6 Å². The lowest BCUT2D eigenvalue weighted by Crippen LogP contribution is -2.51. The van der Waals surface area contributed by atoms with Crippen LogP contribution in [0.25, 0.3) is 0 Å². The third kappa shape index (κ3) is 3.69. The minimum atomic E-state index is -0.627. The molecule has 2 aromatic carbocycles. The topological polar surface area (TPSA) is 73.5 Å². The molecule has 0 bridgehead atoms. The molecule has 1 aliphatic heterocycles. The number of nitrogens with zero attached hydrogens (tertiary/aromatic N) is 1. The second-order valence-electron chi connectivity index (χ2n) is 6.42. The van der Waals surface area contributed by atoms with Gasteiger partial charge in [-0.3, -0.25) is 4.79 Å². The molecule has 0 aromatic heterocycles. The van der Waals surface area contributed by atoms with E-state index in [-0.39, 0.29) is 11.9 Å². The number of hydrogen-bond acceptors (Lipinski definition) is 3. The van der Waals surface area contributed by atoms with Crippen molar-refractivity contribution in [1.29, 1.82) is 0 Å². The lowest BCUT2D eigenvalue weighted by atomic mass is 9.88. The molecule has 1 heterocycles. The van der Waals surface area contributed by atoms with Crippen LogP contribution in [0.2, 0.25) is 0 Å². The predicted octanol–water partition coefficient (Wildman–Crippen LogP) is 2.88. The summed E-state index contributed by atoms with van der Waals surface area (Å²) >= 11 is 0. The average molecular weight is 350 g/mol. The van der Waals surface area contributed by atoms with Crippen LogP contribution in [0.1, 0.15) is 11.6 Å². The van der Waals surface area contributed by atoms with Crippen LogP contribution in [-0.4, -0.2) is 26.0 Å². The molecule has 1 saturated heterocycles. The van der Waals surface area contributed by atoms with Crippen molar-refractivity contribution in [2.45, 2.75) is 6.04 Å². The highest BCUT2D eigenvalue weighted by atomic mass is 16.2. The number of nitrogens with one attached hydrogen (secondary N) is 3. The minimum Gasteiger partial charge on any atom is -0.378 e. The number of amides is 3. The maximum Gasteiger partial charge on any atom is 0.319 e. The van der Waals surface area contributed by atoms with Gasteiger partial charge in [0.25, 0.3) is 0 Å². The third-order valence-electron chi connectivity index (χ3n) is 4.36. The Morgan fingerprint density at radius 2 is 1.73 bits per heavy atom. The largest absolute Gasteiger partial charge is 0.378 e. The van der Waals surface area contributed by atoms with Crippen LogP contribution >= 0.6 is 0 Å². The van der Waals surface area contributed by atoms with E-state index in [1.165, 1.54) is 0 Å². The van der Waals surface area contributed by atoms with Gasteiger partial charge < -0.3 is 20.9 Å². The fraction of sp³-hybridized carbons (Fsp3) is 0.200. The summed E-state index contributed by atoms with van der Waals surface area (Å²) < 4.78 is 0. The van der Waals surface area contributed by atoms with E-state index in [0.29, 0.717) is 11.4 Å². The van der Waals surface area contributed by atoms with Crippen molar-refractivity contribution < 1.29 is 9.59 Å². The Morgan fingerprint density at radius 1 is 1.08 bits per heavy atom. The summed E-state index contributed by atoms with van der Waals surface area (Å²) in [4.78, 5) is 26.8. The van der Waals surface area contributed by atoms with Crippen LogP contribution in [0, 0.1) is 5.92 Å². The number of benzene rings is 2. The number of hydrogen-bond donors (Lipinski definition) is 3. The molecule has 3 amide bonds. The van der Waals surface area contributed by atoms with E-state index < -0.39 is 12.0 Å². The molecular formula is C20H22N4O2. The summed E-state index contributed by atoms with van der Waals surface area (Å²) in [6, 6.07) is 16.1. The Balaban J connectivity index is 1.88. The zero-order valence-electron chi connectivity index (χ0n) is 14.8. The SMILES string of the molecule is C=C1NC(=O)N[C@@H](c2ccc(N(C)C)cc2)[C@@H]1C(=O)Nc1ccccc1. The molecule has 6 nitrogen and oxygen atoms in total. The molecule has 134 valence electrons. The van der Waals surface area contributed by atoms with Gasteiger partial charge in [0.05, 0.1) is 6.04 Å². The van der Waals surface area contributed by atoms with Gasteiger partial charge in [0, 0.05) is 31.2 Å². The van der Waals surface area contributed by atoms with Crippen molar-refractivity contribution >= 4 is 23.3 Å². The van der Waals surface area contributed by atoms with E-state index in [1.54, 1.807) is 0 Å². The van der Waals surface area contributed by atoms with Gasteiger partial charge in [0.15, 0.2) is 0 Å². The van der Waals surface area contributed by atoms with Crippen molar-refractivity contribution in [3.63, 3.8) is 0 Å². The maximum atomic E-state index is 12.9. The van der Waals surface area contributed by atoms with E-state index in [2.05, 4.69) is 22.5 Å². The van der Waals surface area contributed by atoms with Crippen molar-refractivity contribution in [2.24, 2.45) is 5.92 Å². The van der Waals surface area contributed by atoms with E-state index >= 15 is 0 Å². The summed E-state index contributed by atoms with van der Waals surface area (Å²) in [5.41, 5.74) is 2.96. The molecule has 0 aliphatic carbocycles. The Labute approximate surface area is 152 Å². The predicted molar refractivity (Wildman–Crippen MR) is 103 cm³/mol. The molecule has 1 aliphatic rings. The lowest BCUT2D eigenvalue weighted by Gasteiger charge is -2.34. The molecule has 6 heteroatoms. The van der Waals surface area contributed by atoms with Crippen molar-refractivity contribution in [3.8, 4) is 0 Å². The molecule has 2 atom stereocenters. The molecule has 0 unspecified atom stereocenters. The molecule has 2 aromatic rings. The molecule has 1 fully saturated rings. The van der Waals surface area contributed by atoms with Crippen LogP contribution in [0.5, 0.6) is 0 Å². The smallest absolute Gasteiger partial charge is 0.319 e. The van der Waals surface area contributed by atoms with Crippen LogP contribution in [-0.2, 0) is 4.79 Å². The first-order chi connectivity index (χ1) is 12.5. The van der Waals surface area contributed by atoms with E-state index in [4.69, 9.17) is 0 Å². The summed E-state index contributed by atoms with van der Waals surface area (Å²) in [7, 11) is 3.92. The van der Waals surface area contributed by atoms with Gasteiger partial charge in [-0.1, -0.05) is 36.9 Å². The standard InChI is InChI=1S/C20H22N4O2/c1-13-17(19(25)22-15-7-5-4-6-8-15)18(23-20(26)21-13)14-9-11-16(12-10-14)24(2)3/h4-12,17-18H,1H2,2-3H3,(H,22,25)(H2,21,23,26)/t17-,18+/m1/s1. The van der Waals surface area contributed by atoms with Crippen molar-refractivity contribution in [2.75, 3.05) is 24.3 Å². The van der Waals surface area contributed by atoms with Gasteiger partial charge in [0.2, 0.25) is 5.91 Å². The first-order valence-corrected chi connectivity index (χ1v) is 8.35.